The van der Waals surface area contributed by atoms with Crippen LogP contribution in [0.25, 0.3) is 0 Å². The molecule has 2 heteroatoms. The molecular formula is C14H27NO. The van der Waals surface area contributed by atoms with E-state index >= 15 is 0 Å². The van der Waals surface area contributed by atoms with E-state index in [1.807, 2.05) is 0 Å². The number of hydrogen-bond donors (Lipinski definition) is 0. The van der Waals surface area contributed by atoms with Gasteiger partial charge in [-0.1, -0.05) is 26.7 Å². The minimum Gasteiger partial charge on any atom is -0.378 e. The predicted octanol–water partition coefficient (Wildman–Crippen LogP) is 2.78. The van der Waals surface area contributed by atoms with Gasteiger partial charge in [-0.2, -0.15) is 0 Å². The molecule has 0 amide bonds. The lowest BCUT2D eigenvalue weighted by molar-refractivity contribution is 0.0225. The number of hydrogen-bond acceptors (Lipinski definition) is 2. The number of likely N-dealkylation sites (tertiary alicyclic amines) is 1. The zero-order chi connectivity index (χ0) is 11.5. The van der Waals surface area contributed by atoms with Crippen LogP contribution in [0.15, 0.2) is 0 Å². The monoisotopic (exact) mass is 225 g/mol. The molecule has 0 bridgehead atoms. The molecule has 0 aromatic rings. The van der Waals surface area contributed by atoms with Gasteiger partial charge >= 0.3 is 0 Å². The quantitative estimate of drug-likeness (QED) is 0.713. The minimum absolute atomic E-state index is 0.570. The Morgan fingerprint density at radius 2 is 2.06 bits per heavy atom. The molecule has 3 atom stereocenters. The molecule has 0 saturated carbocycles. The molecule has 0 aromatic carbocycles. The predicted molar refractivity (Wildman–Crippen MR) is 67.5 cm³/mol. The van der Waals surface area contributed by atoms with Crippen molar-refractivity contribution in [3.05, 3.63) is 0 Å². The Labute approximate surface area is 100 Å². The number of nitrogens with zero attached hydrogens (tertiary/aromatic N) is 1. The van der Waals surface area contributed by atoms with Crippen molar-refractivity contribution >= 4 is 0 Å². The van der Waals surface area contributed by atoms with Crippen LogP contribution in [0.2, 0.25) is 0 Å². The SMILES string of the molecule is CCC(CC1OCCC1CC)C1CN(C)C1. The summed E-state index contributed by atoms with van der Waals surface area (Å²) in [4.78, 5) is 2.43. The van der Waals surface area contributed by atoms with Crippen LogP contribution < -0.4 is 0 Å². The summed E-state index contributed by atoms with van der Waals surface area (Å²) in [7, 11) is 2.23. The largest absolute Gasteiger partial charge is 0.378 e. The molecule has 2 rings (SSSR count). The average Bonchev–Trinajstić information content (AvgIpc) is 2.69. The average molecular weight is 225 g/mol. The molecule has 0 spiro atoms. The third-order valence-corrected chi connectivity index (χ3v) is 4.69. The molecule has 0 aromatic heterocycles. The first kappa shape index (κ1) is 12.4. The van der Waals surface area contributed by atoms with Gasteiger partial charge in [-0.3, -0.25) is 0 Å². The summed E-state index contributed by atoms with van der Waals surface area (Å²) in [6.07, 6.45) is 5.80. The van der Waals surface area contributed by atoms with E-state index in [0.717, 1.165) is 24.4 Å². The lowest BCUT2D eigenvalue weighted by Crippen LogP contribution is -2.48. The highest BCUT2D eigenvalue weighted by atomic mass is 16.5. The van der Waals surface area contributed by atoms with Crippen LogP contribution in [0.3, 0.4) is 0 Å². The van der Waals surface area contributed by atoms with Crippen LogP contribution >= 0.6 is 0 Å². The normalized spacial score (nSPS) is 33.9. The molecular weight excluding hydrogens is 198 g/mol. The molecule has 3 unspecified atom stereocenters. The summed E-state index contributed by atoms with van der Waals surface area (Å²) < 4.78 is 5.92. The van der Waals surface area contributed by atoms with Crippen LogP contribution in [-0.4, -0.2) is 37.7 Å². The summed E-state index contributed by atoms with van der Waals surface area (Å²) >= 11 is 0. The molecule has 0 aliphatic carbocycles. The van der Waals surface area contributed by atoms with E-state index in [-0.39, 0.29) is 0 Å². The second kappa shape index (κ2) is 5.50. The molecule has 2 aliphatic heterocycles. The Morgan fingerprint density at radius 1 is 1.31 bits per heavy atom. The lowest BCUT2D eigenvalue weighted by Gasteiger charge is -2.42. The molecule has 2 heterocycles. The standard InChI is InChI=1S/C14H27NO/c1-4-11-6-7-16-14(11)8-12(5-2)13-9-15(3)10-13/h11-14H,4-10H2,1-3H3. The van der Waals surface area contributed by atoms with Gasteiger partial charge in [0.2, 0.25) is 0 Å². The fraction of sp³-hybridized carbons (Fsp3) is 1.00. The van der Waals surface area contributed by atoms with Gasteiger partial charge in [0, 0.05) is 19.7 Å². The van der Waals surface area contributed by atoms with Crippen molar-refractivity contribution in [1.82, 2.24) is 4.90 Å². The second-order valence-corrected chi connectivity index (χ2v) is 5.75. The maximum atomic E-state index is 5.92. The Balaban J connectivity index is 1.81. The van der Waals surface area contributed by atoms with Crippen molar-refractivity contribution in [3.63, 3.8) is 0 Å². The van der Waals surface area contributed by atoms with Crippen LogP contribution in [-0.2, 0) is 4.74 Å². The van der Waals surface area contributed by atoms with E-state index in [4.69, 9.17) is 4.74 Å². The van der Waals surface area contributed by atoms with Gasteiger partial charge in [0.15, 0.2) is 0 Å². The number of rotatable bonds is 5. The van der Waals surface area contributed by atoms with Crippen LogP contribution in [0, 0.1) is 17.8 Å². The second-order valence-electron chi connectivity index (χ2n) is 5.75. The smallest absolute Gasteiger partial charge is 0.0606 e. The highest BCUT2D eigenvalue weighted by Crippen LogP contribution is 2.34. The van der Waals surface area contributed by atoms with Crippen molar-refractivity contribution in [2.45, 2.75) is 45.6 Å². The highest BCUT2D eigenvalue weighted by Gasteiger charge is 2.35. The van der Waals surface area contributed by atoms with Crippen LogP contribution in [0.1, 0.15) is 39.5 Å². The van der Waals surface area contributed by atoms with Crippen molar-refractivity contribution in [2.24, 2.45) is 17.8 Å². The summed E-state index contributed by atoms with van der Waals surface area (Å²) in [6, 6.07) is 0. The van der Waals surface area contributed by atoms with Gasteiger partial charge in [-0.25, -0.2) is 0 Å². The molecule has 94 valence electrons. The Kier molecular flexibility index (Phi) is 4.26. The van der Waals surface area contributed by atoms with Gasteiger partial charge in [-0.05, 0) is 37.6 Å². The van der Waals surface area contributed by atoms with Gasteiger partial charge in [-0.15, -0.1) is 0 Å². The van der Waals surface area contributed by atoms with Crippen LogP contribution in [0.4, 0.5) is 0 Å². The summed E-state index contributed by atoms with van der Waals surface area (Å²) in [5.74, 6) is 2.68. The molecule has 16 heavy (non-hydrogen) atoms. The maximum absolute atomic E-state index is 5.92. The van der Waals surface area contributed by atoms with E-state index in [1.54, 1.807) is 0 Å². The molecule has 0 N–H and O–H groups in total. The zero-order valence-electron chi connectivity index (χ0n) is 11.1. The van der Waals surface area contributed by atoms with Crippen molar-refractivity contribution in [2.75, 3.05) is 26.7 Å². The fourth-order valence-electron chi connectivity index (χ4n) is 3.46. The first-order chi connectivity index (χ1) is 7.74. The zero-order valence-corrected chi connectivity index (χ0v) is 11.1. The Morgan fingerprint density at radius 3 is 2.62 bits per heavy atom. The first-order valence-corrected chi connectivity index (χ1v) is 7.04. The van der Waals surface area contributed by atoms with Crippen molar-refractivity contribution in [1.29, 1.82) is 0 Å². The van der Waals surface area contributed by atoms with Crippen LogP contribution in [0.5, 0.6) is 0 Å². The summed E-state index contributed by atoms with van der Waals surface area (Å²) in [5.41, 5.74) is 0. The van der Waals surface area contributed by atoms with E-state index < -0.39 is 0 Å². The Hall–Kier alpha value is -0.0800. The molecule has 2 aliphatic rings. The van der Waals surface area contributed by atoms with E-state index in [2.05, 4.69) is 25.8 Å². The van der Waals surface area contributed by atoms with Gasteiger partial charge < -0.3 is 9.64 Å². The third kappa shape index (κ3) is 2.60. The molecule has 0 radical (unpaired) electrons. The fourth-order valence-corrected chi connectivity index (χ4v) is 3.46. The molecule has 2 saturated heterocycles. The maximum Gasteiger partial charge on any atom is 0.0606 e. The molecule has 2 fully saturated rings. The highest BCUT2D eigenvalue weighted by molar-refractivity contribution is 4.86. The van der Waals surface area contributed by atoms with Crippen molar-refractivity contribution in [3.8, 4) is 0 Å². The van der Waals surface area contributed by atoms with Crippen molar-refractivity contribution < 1.29 is 4.74 Å². The lowest BCUT2D eigenvalue weighted by atomic mass is 9.78. The first-order valence-electron chi connectivity index (χ1n) is 7.04. The minimum atomic E-state index is 0.570. The summed E-state index contributed by atoms with van der Waals surface area (Å²) in [6.45, 7) is 8.28. The third-order valence-electron chi connectivity index (χ3n) is 4.69. The van der Waals surface area contributed by atoms with E-state index in [0.29, 0.717) is 6.10 Å². The van der Waals surface area contributed by atoms with Gasteiger partial charge in [0.1, 0.15) is 0 Å². The Bertz CT molecular complexity index is 213. The molecule has 2 nitrogen and oxygen atoms in total. The topological polar surface area (TPSA) is 12.5 Å². The van der Waals surface area contributed by atoms with E-state index in [1.165, 1.54) is 38.8 Å². The van der Waals surface area contributed by atoms with Gasteiger partial charge in [0.25, 0.3) is 0 Å². The number of ether oxygens (including phenoxy) is 1. The van der Waals surface area contributed by atoms with Gasteiger partial charge in [0.05, 0.1) is 6.10 Å². The summed E-state index contributed by atoms with van der Waals surface area (Å²) in [5, 5.41) is 0. The van der Waals surface area contributed by atoms with E-state index in [9.17, 15) is 0 Å².